The standard InChI is InChI=1S/C18H14F4N4/c1-10-4-16-11(5-12(7-23-16)18(20,21)22)8-26(10)17-14-6-13(19)2-3-15(14)24-9-25-17/h2-3,5-7,9-10H,4,8H2,1H3. The third-order valence-electron chi connectivity index (χ3n) is 4.60. The van der Waals surface area contributed by atoms with Crippen molar-refractivity contribution in [2.45, 2.75) is 32.1 Å². The second-order valence-corrected chi connectivity index (χ2v) is 6.37. The molecule has 4 rings (SSSR count). The molecule has 1 aliphatic heterocycles. The fourth-order valence-electron chi connectivity index (χ4n) is 3.27. The van der Waals surface area contributed by atoms with Crippen molar-refractivity contribution in [2.75, 3.05) is 4.90 Å². The van der Waals surface area contributed by atoms with Gasteiger partial charge in [0.1, 0.15) is 18.0 Å². The summed E-state index contributed by atoms with van der Waals surface area (Å²) in [7, 11) is 0. The fourth-order valence-corrected chi connectivity index (χ4v) is 3.27. The van der Waals surface area contributed by atoms with E-state index in [-0.39, 0.29) is 12.6 Å². The molecule has 3 heterocycles. The molecule has 8 heteroatoms. The molecule has 0 amide bonds. The molecular formula is C18H14F4N4. The van der Waals surface area contributed by atoms with E-state index < -0.39 is 17.6 Å². The van der Waals surface area contributed by atoms with Crippen LogP contribution in [0.5, 0.6) is 0 Å². The topological polar surface area (TPSA) is 41.9 Å². The van der Waals surface area contributed by atoms with Crippen LogP contribution in [-0.2, 0) is 19.1 Å². The van der Waals surface area contributed by atoms with Crippen LogP contribution in [0.2, 0.25) is 0 Å². The molecule has 0 bridgehead atoms. The number of nitrogens with zero attached hydrogens (tertiary/aromatic N) is 4. The van der Waals surface area contributed by atoms with Gasteiger partial charge in [-0.3, -0.25) is 4.98 Å². The van der Waals surface area contributed by atoms with Gasteiger partial charge in [0.25, 0.3) is 0 Å². The van der Waals surface area contributed by atoms with E-state index in [9.17, 15) is 17.6 Å². The predicted octanol–water partition coefficient (Wildman–Crippen LogP) is 4.13. The Hall–Kier alpha value is -2.77. The van der Waals surface area contributed by atoms with Crippen LogP contribution in [0.25, 0.3) is 10.9 Å². The molecule has 0 radical (unpaired) electrons. The molecular weight excluding hydrogens is 348 g/mol. The van der Waals surface area contributed by atoms with E-state index in [1.54, 1.807) is 6.07 Å². The fraction of sp³-hybridized carbons (Fsp3) is 0.278. The van der Waals surface area contributed by atoms with Gasteiger partial charge in [-0.05, 0) is 36.8 Å². The highest BCUT2D eigenvalue weighted by atomic mass is 19.4. The van der Waals surface area contributed by atoms with Gasteiger partial charge < -0.3 is 4.90 Å². The summed E-state index contributed by atoms with van der Waals surface area (Å²) in [6.45, 7) is 2.16. The summed E-state index contributed by atoms with van der Waals surface area (Å²) >= 11 is 0. The molecule has 1 aliphatic rings. The number of alkyl halides is 3. The smallest absolute Gasteiger partial charge is 0.349 e. The van der Waals surface area contributed by atoms with E-state index in [4.69, 9.17) is 0 Å². The van der Waals surface area contributed by atoms with Gasteiger partial charge in [0.2, 0.25) is 0 Å². The zero-order valence-corrected chi connectivity index (χ0v) is 13.8. The normalized spacial score (nSPS) is 17.4. The maximum absolute atomic E-state index is 13.7. The summed E-state index contributed by atoms with van der Waals surface area (Å²) in [6.07, 6.45) is -1.71. The molecule has 1 unspecified atom stereocenters. The lowest BCUT2D eigenvalue weighted by Gasteiger charge is -2.36. The Balaban J connectivity index is 1.79. The summed E-state index contributed by atoms with van der Waals surface area (Å²) in [5, 5.41) is 0.530. The van der Waals surface area contributed by atoms with Crippen LogP contribution in [0.15, 0.2) is 36.8 Å². The second-order valence-electron chi connectivity index (χ2n) is 6.37. The van der Waals surface area contributed by atoms with Crippen LogP contribution in [-0.4, -0.2) is 21.0 Å². The largest absolute Gasteiger partial charge is 0.417 e. The second kappa shape index (κ2) is 5.89. The summed E-state index contributed by atoms with van der Waals surface area (Å²) in [5.41, 5.74) is 0.952. The minimum Gasteiger partial charge on any atom is -0.349 e. The molecule has 0 fully saturated rings. The number of hydrogen-bond donors (Lipinski definition) is 0. The SMILES string of the molecule is CC1Cc2ncc(C(F)(F)F)cc2CN1c1ncnc2ccc(F)cc12. The first-order chi connectivity index (χ1) is 12.3. The Kier molecular flexibility index (Phi) is 3.78. The minimum absolute atomic E-state index is 0.0481. The molecule has 0 aliphatic carbocycles. The predicted molar refractivity (Wildman–Crippen MR) is 88.1 cm³/mol. The molecule has 1 atom stereocenters. The van der Waals surface area contributed by atoms with Crippen molar-refractivity contribution < 1.29 is 17.6 Å². The first-order valence-electron chi connectivity index (χ1n) is 8.05. The zero-order chi connectivity index (χ0) is 18.5. The van der Waals surface area contributed by atoms with Gasteiger partial charge in [0.05, 0.1) is 11.1 Å². The lowest BCUT2D eigenvalue weighted by atomic mass is 9.98. The van der Waals surface area contributed by atoms with Gasteiger partial charge in [0, 0.05) is 36.3 Å². The van der Waals surface area contributed by atoms with Gasteiger partial charge >= 0.3 is 6.18 Å². The summed E-state index contributed by atoms with van der Waals surface area (Å²) in [4.78, 5) is 14.3. The Labute approximate surface area is 146 Å². The van der Waals surface area contributed by atoms with Gasteiger partial charge in [-0.2, -0.15) is 13.2 Å². The van der Waals surface area contributed by atoms with Crippen molar-refractivity contribution in [3.8, 4) is 0 Å². The minimum atomic E-state index is -4.44. The number of fused-ring (bicyclic) bond motifs is 2. The van der Waals surface area contributed by atoms with E-state index in [1.165, 1.54) is 18.5 Å². The Bertz CT molecular complexity index is 987. The van der Waals surface area contributed by atoms with E-state index in [0.717, 1.165) is 12.3 Å². The Morgan fingerprint density at radius 2 is 1.92 bits per heavy atom. The van der Waals surface area contributed by atoms with Crippen molar-refractivity contribution in [3.05, 3.63) is 59.4 Å². The molecule has 0 N–H and O–H groups in total. The van der Waals surface area contributed by atoms with Crippen LogP contribution in [0.1, 0.15) is 23.7 Å². The van der Waals surface area contributed by atoms with Crippen molar-refractivity contribution in [1.82, 2.24) is 15.0 Å². The average Bonchev–Trinajstić information content (AvgIpc) is 2.59. The van der Waals surface area contributed by atoms with Crippen LogP contribution in [0.4, 0.5) is 23.4 Å². The quantitative estimate of drug-likeness (QED) is 0.611. The van der Waals surface area contributed by atoms with E-state index >= 15 is 0 Å². The number of anilines is 1. The molecule has 0 saturated carbocycles. The molecule has 1 aromatic carbocycles. The molecule has 134 valence electrons. The maximum Gasteiger partial charge on any atom is 0.417 e. The van der Waals surface area contributed by atoms with E-state index in [1.807, 2.05) is 11.8 Å². The third kappa shape index (κ3) is 2.85. The van der Waals surface area contributed by atoms with Crippen LogP contribution in [0, 0.1) is 5.82 Å². The summed E-state index contributed by atoms with van der Waals surface area (Å²) in [6, 6.07) is 5.30. The lowest BCUT2D eigenvalue weighted by Crippen LogP contribution is -2.39. The van der Waals surface area contributed by atoms with Crippen molar-refractivity contribution in [2.24, 2.45) is 0 Å². The molecule has 26 heavy (non-hydrogen) atoms. The molecule has 0 spiro atoms. The highest BCUT2D eigenvalue weighted by Gasteiger charge is 2.34. The highest BCUT2D eigenvalue weighted by molar-refractivity contribution is 5.89. The van der Waals surface area contributed by atoms with Gasteiger partial charge in [-0.25, -0.2) is 14.4 Å². The Morgan fingerprint density at radius 1 is 1.12 bits per heavy atom. The first kappa shape index (κ1) is 16.7. The lowest BCUT2D eigenvalue weighted by molar-refractivity contribution is -0.137. The summed E-state index contributed by atoms with van der Waals surface area (Å²) in [5.74, 6) is 0.0877. The van der Waals surface area contributed by atoms with E-state index in [0.29, 0.717) is 34.4 Å². The first-order valence-corrected chi connectivity index (χ1v) is 8.05. The van der Waals surface area contributed by atoms with Crippen molar-refractivity contribution in [1.29, 1.82) is 0 Å². The maximum atomic E-state index is 13.7. The molecule has 3 aromatic rings. The zero-order valence-electron chi connectivity index (χ0n) is 13.8. The van der Waals surface area contributed by atoms with E-state index in [2.05, 4.69) is 15.0 Å². The number of pyridine rings is 1. The Morgan fingerprint density at radius 3 is 2.69 bits per heavy atom. The molecule has 4 nitrogen and oxygen atoms in total. The third-order valence-corrected chi connectivity index (χ3v) is 4.60. The van der Waals surface area contributed by atoms with Crippen LogP contribution >= 0.6 is 0 Å². The van der Waals surface area contributed by atoms with Crippen molar-refractivity contribution >= 4 is 16.7 Å². The number of halogens is 4. The number of rotatable bonds is 1. The summed E-state index contributed by atoms with van der Waals surface area (Å²) < 4.78 is 52.7. The number of hydrogen-bond acceptors (Lipinski definition) is 4. The molecule has 0 saturated heterocycles. The monoisotopic (exact) mass is 362 g/mol. The average molecular weight is 362 g/mol. The van der Waals surface area contributed by atoms with Crippen LogP contribution < -0.4 is 4.90 Å². The highest BCUT2D eigenvalue weighted by Crippen LogP contribution is 2.34. The van der Waals surface area contributed by atoms with Gasteiger partial charge in [-0.1, -0.05) is 0 Å². The number of benzene rings is 1. The van der Waals surface area contributed by atoms with Crippen LogP contribution in [0.3, 0.4) is 0 Å². The number of aromatic nitrogens is 3. The van der Waals surface area contributed by atoms with Gasteiger partial charge in [-0.15, -0.1) is 0 Å². The van der Waals surface area contributed by atoms with Gasteiger partial charge in [0.15, 0.2) is 0 Å². The molecule has 2 aromatic heterocycles. The van der Waals surface area contributed by atoms with Crippen molar-refractivity contribution in [3.63, 3.8) is 0 Å².